The fourth-order valence-corrected chi connectivity index (χ4v) is 2.89. The highest BCUT2D eigenvalue weighted by molar-refractivity contribution is 9.09. The molecular weight excluding hydrogens is 290 g/mol. The Hall–Kier alpha value is -1.19. The van der Waals surface area contributed by atoms with E-state index in [1.54, 1.807) is 0 Å². The predicted octanol–water partition coefficient (Wildman–Crippen LogP) is 3.79. The minimum Gasteiger partial charge on any atom is -0.372 e. The van der Waals surface area contributed by atoms with Gasteiger partial charge in [-0.15, -0.1) is 0 Å². The molecule has 0 spiro atoms. The van der Waals surface area contributed by atoms with Gasteiger partial charge >= 0.3 is 0 Å². The summed E-state index contributed by atoms with van der Waals surface area (Å²) in [5, 5.41) is 0. The quantitative estimate of drug-likeness (QED) is 0.805. The summed E-state index contributed by atoms with van der Waals surface area (Å²) in [6.45, 7) is 1.51. The van der Waals surface area contributed by atoms with Crippen LogP contribution in [0.5, 0.6) is 0 Å². The summed E-state index contributed by atoms with van der Waals surface area (Å²) in [5.41, 5.74) is 5.26. The minimum absolute atomic E-state index is 0.339. The van der Waals surface area contributed by atoms with Gasteiger partial charge in [-0.05, 0) is 40.8 Å². The molecule has 0 amide bonds. The predicted molar refractivity (Wildman–Crippen MR) is 74.5 cm³/mol. The maximum Gasteiger partial charge on any atom is 0.0725 e. The van der Waals surface area contributed by atoms with Crippen LogP contribution in [0, 0.1) is 0 Å². The molecule has 0 fully saturated rings. The van der Waals surface area contributed by atoms with Gasteiger partial charge in [0.15, 0.2) is 0 Å². The van der Waals surface area contributed by atoms with Crippen molar-refractivity contribution in [3.63, 3.8) is 0 Å². The Morgan fingerprint density at radius 1 is 1.11 bits per heavy atom. The average molecular weight is 304 g/mol. The monoisotopic (exact) mass is 303 g/mol. The van der Waals surface area contributed by atoms with E-state index in [0.717, 1.165) is 19.6 Å². The van der Waals surface area contributed by atoms with Crippen molar-refractivity contribution in [2.75, 3.05) is 0 Å². The molecule has 3 rings (SSSR count). The number of ether oxygens (including phenoxy) is 1. The lowest BCUT2D eigenvalue weighted by Gasteiger charge is -2.11. The third-order valence-electron chi connectivity index (χ3n) is 3.27. The van der Waals surface area contributed by atoms with Crippen LogP contribution in [0.4, 0.5) is 0 Å². The Kier molecular flexibility index (Phi) is 3.43. The number of pyridine rings is 1. The molecule has 0 saturated heterocycles. The van der Waals surface area contributed by atoms with Crippen LogP contribution in [-0.4, -0.2) is 4.98 Å². The molecule has 0 N–H and O–H groups in total. The molecule has 1 atom stereocenters. The molecule has 1 unspecified atom stereocenters. The molecule has 0 aliphatic carbocycles. The van der Waals surface area contributed by atoms with Crippen molar-refractivity contribution >= 4 is 15.9 Å². The number of aromatic nitrogens is 1. The molecule has 1 aliphatic rings. The highest BCUT2D eigenvalue weighted by atomic mass is 79.9. The van der Waals surface area contributed by atoms with Gasteiger partial charge in [-0.1, -0.05) is 34.1 Å². The molecule has 2 aromatic rings. The molecule has 1 aromatic carbocycles. The van der Waals surface area contributed by atoms with E-state index in [9.17, 15) is 0 Å². The fourth-order valence-electron chi connectivity index (χ4n) is 2.23. The smallest absolute Gasteiger partial charge is 0.0725 e. The van der Waals surface area contributed by atoms with Gasteiger partial charge in [0.05, 0.1) is 13.2 Å². The van der Waals surface area contributed by atoms with Gasteiger partial charge in [0.25, 0.3) is 0 Å². The van der Waals surface area contributed by atoms with E-state index in [2.05, 4.69) is 51.2 Å². The van der Waals surface area contributed by atoms with Crippen molar-refractivity contribution in [2.45, 2.75) is 24.5 Å². The summed E-state index contributed by atoms with van der Waals surface area (Å²) in [6.07, 6.45) is 4.65. The van der Waals surface area contributed by atoms with Gasteiger partial charge in [-0.2, -0.15) is 0 Å². The van der Waals surface area contributed by atoms with Gasteiger partial charge in [0, 0.05) is 17.2 Å². The average Bonchev–Trinajstić information content (AvgIpc) is 2.87. The summed E-state index contributed by atoms with van der Waals surface area (Å²) < 4.78 is 5.44. The first-order chi connectivity index (χ1) is 8.83. The Morgan fingerprint density at radius 2 is 1.89 bits per heavy atom. The van der Waals surface area contributed by atoms with Crippen LogP contribution in [0.2, 0.25) is 0 Å². The van der Waals surface area contributed by atoms with Gasteiger partial charge in [0.2, 0.25) is 0 Å². The molecule has 0 bridgehead atoms. The largest absolute Gasteiger partial charge is 0.372 e. The van der Waals surface area contributed by atoms with Gasteiger partial charge in [-0.25, -0.2) is 0 Å². The zero-order chi connectivity index (χ0) is 12.4. The zero-order valence-corrected chi connectivity index (χ0v) is 11.6. The molecule has 18 heavy (non-hydrogen) atoms. The number of rotatable bonds is 3. The number of nitrogens with zero attached hydrogens (tertiary/aromatic N) is 1. The molecule has 92 valence electrons. The van der Waals surface area contributed by atoms with Crippen molar-refractivity contribution in [1.29, 1.82) is 0 Å². The van der Waals surface area contributed by atoms with Gasteiger partial charge in [-0.3, -0.25) is 4.98 Å². The normalized spacial score (nSPS) is 15.4. The molecule has 0 saturated carbocycles. The molecule has 3 heteroatoms. The van der Waals surface area contributed by atoms with E-state index in [-0.39, 0.29) is 0 Å². The number of halogens is 1. The first-order valence-corrected chi connectivity index (χ1v) is 6.97. The second-order valence-electron chi connectivity index (χ2n) is 4.55. The first kappa shape index (κ1) is 11.9. The van der Waals surface area contributed by atoms with Crippen LogP contribution in [-0.2, 0) is 24.4 Å². The Bertz CT molecular complexity index is 541. The van der Waals surface area contributed by atoms with Crippen molar-refractivity contribution in [1.82, 2.24) is 4.98 Å². The Morgan fingerprint density at radius 3 is 2.72 bits per heavy atom. The number of hydrogen-bond acceptors (Lipinski definition) is 2. The molecule has 1 aromatic heterocycles. The number of hydrogen-bond donors (Lipinski definition) is 0. The number of benzene rings is 1. The Balaban J connectivity index is 1.78. The lowest BCUT2D eigenvalue weighted by Crippen LogP contribution is -1.97. The third-order valence-corrected chi connectivity index (χ3v) is 4.12. The molecule has 0 radical (unpaired) electrons. The van der Waals surface area contributed by atoms with Crippen LogP contribution in [0.25, 0.3) is 0 Å². The van der Waals surface area contributed by atoms with E-state index in [0.29, 0.717) is 4.83 Å². The second-order valence-corrected chi connectivity index (χ2v) is 5.65. The zero-order valence-electron chi connectivity index (χ0n) is 9.97. The summed E-state index contributed by atoms with van der Waals surface area (Å²) in [5.74, 6) is 0. The molecule has 1 aliphatic heterocycles. The van der Waals surface area contributed by atoms with Crippen molar-refractivity contribution < 1.29 is 4.74 Å². The Labute approximate surface area is 115 Å². The van der Waals surface area contributed by atoms with Crippen LogP contribution >= 0.6 is 15.9 Å². The van der Waals surface area contributed by atoms with E-state index in [1.165, 1.54) is 22.3 Å². The number of alkyl halides is 1. The van der Waals surface area contributed by atoms with Crippen molar-refractivity contribution in [3.05, 3.63) is 65.0 Å². The summed E-state index contributed by atoms with van der Waals surface area (Å²) >= 11 is 3.77. The lowest BCUT2D eigenvalue weighted by molar-refractivity contribution is 0.134. The highest BCUT2D eigenvalue weighted by Gasteiger charge is 2.14. The second kappa shape index (κ2) is 5.21. The summed E-state index contributed by atoms with van der Waals surface area (Å²) in [7, 11) is 0. The van der Waals surface area contributed by atoms with Gasteiger partial charge in [0.1, 0.15) is 0 Å². The van der Waals surface area contributed by atoms with Crippen molar-refractivity contribution in [2.24, 2.45) is 0 Å². The molecule has 2 nitrogen and oxygen atoms in total. The first-order valence-electron chi connectivity index (χ1n) is 6.05. The maximum absolute atomic E-state index is 5.44. The minimum atomic E-state index is 0.339. The van der Waals surface area contributed by atoms with Crippen molar-refractivity contribution in [3.8, 4) is 0 Å². The van der Waals surface area contributed by atoms with E-state index in [4.69, 9.17) is 4.74 Å². The summed E-state index contributed by atoms with van der Waals surface area (Å²) in [4.78, 5) is 4.38. The van der Waals surface area contributed by atoms with Gasteiger partial charge < -0.3 is 4.74 Å². The SMILES string of the molecule is BrC(Cc1ccncc1)c1ccc2c(c1)COC2. The fraction of sp³-hybridized carbons (Fsp3) is 0.267. The highest BCUT2D eigenvalue weighted by Crippen LogP contribution is 2.30. The van der Waals surface area contributed by atoms with Crippen LogP contribution in [0.3, 0.4) is 0 Å². The van der Waals surface area contributed by atoms with Crippen LogP contribution < -0.4 is 0 Å². The van der Waals surface area contributed by atoms with Crippen LogP contribution in [0.15, 0.2) is 42.7 Å². The van der Waals surface area contributed by atoms with E-state index < -0.39 is 0 Å². The van der Waals surface area contributed by atoms with Crippen LogP contribution in [0.1, 0.15) is 27.1 Å². The maximum atomic E-state index is 5.44. The third kappa shape index (κ3) is 2.47. The number of fused-ring (bicyclic) bond motifs is 1. The van der Waals surface area contributed by atoms with E-state index in [1.807, 2.05) is 12.4 Å². The standard InChI is InChI=1S/C15H14BrNO/c16-15(7-11-3-5-17-6-4-11)12-1-2-13-9-18-10-14(13)8-12/h1-6,8,15H,7,9-10H2. The van der Waals surface area contributed by atoms with E-state index >= 15 is 0 Å². The lowest BCUT2D eigenvalue weighted by atomic mass is 10.0. The molecule has 2 heterocycles. The topological polar surface area (TPSA) is 22.1 Å². The molecular formula is C15H14BrNO. The summed E-state index contributed by atoms with van der Waals surface area (Å²) in [6, 6.07) is 10.7.